The van der Waals surface area contributed by atoms with E-state index < -0.39 is 40.5 Å². The predicted molar refractivity (Wildman–Crippen MR) is 138 cm³/mol. The molecule has 1 aliphatic rings. The Morgan fingerprint density at radius 1 is 1.05 bits per heavy atom. The van der Waals surface area contributed by atoms with E-state index in [2.05, 4.69) is 15.0 Å². The van der Waals surface area contributed by atoms with E-state index in [1.54, 1.807) is 31.2 Å². The van der Waals surface area contributed by atoms with E-state index in [9.17, 15) is 22.8 Å². The quantitative estimate of drug-likeness (QED) is 0.417. The second kappa shape index (κ2) is 10.9. The molecule has 10 nitrogen and oxygen atoms in total. The molecule has 12 heteroatoms. The van der Waals surface area contributed by atoms with Gasteiger partial charge in [0.05, 0.1) is 17.2 Å². The van der Waals surface area contributed by atoms with Crippen LogP contribution in [0.4, 0.5) is 5.69 Å². The van der Waals surface area contributed by atoms with Gasteiger partial charge >= 0.3 is 11.9 Å². The molecule has 0 radical (unpaired) electrons. The summed E-state index contributed by atoms with van der Waals surface area (Å²) in [6, 6.07) is 16.2. The van der Waals surface area contributed by atoms with Gasteiger partial charge in [-0.2, -0.15) is 0 Å². The highest BCUT2D eigenvalue weighted by atomic mass is 32.2. The average molecular weight is 542 g/mol. The Morgan fingerprint density at radius 2 is 1.76 bits per heavy atom. The fourth-order valence-electron chi connectivity index (χ4n) is 3.50. The third kappa shape index (κ3) is 5.87. The molecular weight excluding hydrogens is 518 g/mol. The molecule has 3 aromatic rings. The van der Waals surface area contributed by atoms with Crippen molar-refractivity contribution >= 4 is 50.7 Å². The van der Waals surface area contributed by atoms with Crippen LogP contribution < -0.4 is 10.0 Å². The van der Waals surface area contributed by atoms with E-state index in [1.807, 2.05) is 30.3 Å². The molecule has 1 amide bonds. The predicted octanol–water partition coefficient (Wildman–Crippen LogP) is 3.20. The number of carbonyl (C=O) groups is 3. The van der Waals surface area contributed by atoms with Crippen LogP contribution in [0.5, 0.6) is 0 Å². The number of benzene rings is 2. The zero-order chi connectivity index (χ0) is 26.6. The summed E-state index contributed by atoms with van der Waals surface area (Å²) in [4.78, 5) is 42.6. The molecule has 0 fully saturated rings. The van der Waals surface area contributed by atoms with Crippen molar-refractivity contribution in [3.8, 4) is 10.4 Å². The highest BCUT2D eigenvalue weighted by molar-refractivity contribution is 7.90. The summed E-state index contributed by atoms with van der Waals surface area (Å²) in [5.74, 6) is -2.05. The smallest absolute Gasteiger partial charge is 0.350 e. The number of thiophene rings is 1. The van der Waals surface area contributed by atoms with E-state index in [1.165, 1.54) is 24.3 Å². The number of amides is 1. The number of anilines is 1. The topological polar surface area (TPSA) is 140 Å². The Morgan fingerprint density at radius 3 is 2.49 bits per heavy atom. The molecule has 0 saturated carbocycles. The third-order valence-corrected chi connectivity index (χ3v) is 7.76. The number of nitrogens with zero attached hydrogens (tertiary/aromatic N) is 1. The van der Waals surface area contributed by atoms with Crippen molar-refractivity contribution in [2.24, 2.45) is 4.99 Å². The molecule has 1 atom stereocenters. The zero-order valence-corrected chi connectivity index (χ0v) is 21.5. The van der Waals surface area contributed by atoms with E-state index in [4.69, 9.17) is 9.47 Å². The molecule has 0 saturated heterocycles. The molecule has 37 heavy (non-hydrogen) atoms. The molecule has 2 heterocycles. The monoisotopic (exact) mass is 541 g/mol. The lowest BCUT2D eigenvalue weighted by molar-refractivity contribution is -0.148. The van der Waals surface area contributed by atoms with Crippen molar-refractivity contribution in [2.75, 3.05) is 18.5 Å². The van der Waals surface area contributed by atoms with Gasteiger partial charge in [-0.1, -0.05) is 42.5 Å². The summed E-state index contributed by atoms with van der Waals surface area (Å²) in [6.07, 6.45) is 0. The van der Waals surface area contributed by atoms with Gasteiger partial charge in [0.15, 0.2) is 6.61 Å². The lowest BCUT2D eigenvalue weighted by atomic mass is 10.2. The number of nitrogens with one attached hydrogen (secondary N) is 2. The van der Waals surface area contributed by atoms with Crippen LogP contribution in [0.25, 0.3) is 10.4 Å². The third-order valence-electron chi connectivity index (χ3n) is 5.20. The van der Waals surface area contributed by atoms with Crippen molar-refractivity contribution in [3.05, 3.63) is 71.1 Å². The lowest BCUT2D eigenvalue weighted by Crippen LogP contribution is -2.29. The molecule has 0 aliphatic carbocycles. The molecule has 0 bridgehead atoms. The Balaban J connectivity index is 1.42. The second-order valence-corrected chi connectivity index (χ2v) is 10.6. The highest BCUT2D eigenvalue weighted by Crippen LogP contribution is 2.35. The van der Waals surface area contributed by atoms with Gasteiger partial charge in [-0.05, 0) is 37.6 Å². The Kier molecular flexibility index (Phi) is 7.69. The molecule has 0 spiro atoms. The number of amidine groups is 1. The number of esters is 2. The van der Waals surface area contributed by atoms with Gasteiger partial charge in [-0.15, -0.1) is 11.3 Å². The van der Waals surface area contributed by atoms with Crippen LogP contribution in [-0.2, 0) is 29.1 Å². The summed E-state index contributed by atoms with van der Waals surface area (Å²) in [5.41, 5.74) is 1.45. The summed E-state index contributed by atoms with van der Waals surface area (Å²) in [6.45, 7) is 2.64. The van der Waals surface area contributed by atoms with Gasteiger partial charge in [-0.3, -0.25) is 14.5 Å². The Bertz CT molecular complexity index is 1480. The molecule has 0 unspecified atom stereocenters. The fourth-order valence-corrected chi connectivity index (χ4v) is 5.75. The van der Waals surface area contributed by atoms with Crippen molar-refractivity contribution in [1.82, 2.24) is 4.72 Å². The molecule has 2 N–H and O–H groups in total. The first-order chi connectivity index (χ1) is 17.7. The number of fused-ring (bicyclic) bond motifs is 1. The highest BCUT2D eigenvalue weighted by Gasteiger charge is 2.31. The van der Waals surface area contributed by atoms with E-state index in [0.29, 0.717) is 5.56 Å². The van der Waals surface area contributed by atoms with Crippen molar-refractivity contribution in [1.29, 1.82) is 0 Å². The second-order valence-electron chi connectivity index (χ2n) is 7.85. The maximum absolute atomic E-state index is 12.5. The molecule has 2 aromatic carbocycles. The molecule has 1 aromatic heterocycles. The minimum atomic E-state index is -3.75. The Labute approximate surface area is 217 Å². The van der Waals surface area contributed by atoms with E-state index >= 15 is 0 Å². The number of carbonyl (C=O) groups excluding carboxylic acids is 3. The molecule has 1 aliphatic heterocycles. The SMILES string of the molecule is CCOC(=O)c1sc(-c2ccccc2)cc1NC(=O)COC(=O)[C@H](C)N=C1NS(=O)(=O)c2ccccc21. The van der Waals surface area contributed by atoms with Gasteiger partial charge in [-0.25, -0.2) is 18.0 Å². The number of sulfonamides is 1. The van der Waals surface area contributed by atoms with Gasteiger partial charge in [0.2, 0.25) is 0 Å². The van der Waals surface area contributed by atoms with E-state index in [-0.39, 0.29) is 27.9 Å². The first-order valence-corrected chi connectivity index (χ1v) is 13.5. The number of aliphatic imine (C=N–C) groups is 1. The van der Waals surface area contributed by atoms with Gasteiger partial charge in [0.1, 0.15) is 16.8 Å². The van der Waals surface area contributed by atoms with Crippen molar-refractivity contribution in [3.63, 3.8) is 0 Å². The normalized spacial score (nSPS) is 15.4. The number of hydrogen-bond donors (Lipinski definition) is 2. The van der Waals surface area contributed by atoms with Crippen LogP contribution in [0.2, 0.25) is 0 Å². The van der Waals surface area contributed by atoms with Crippen LogP contribution in [0.15, 0.2) is 70.6 Å². The largest absolute Gasteiger partial charge is 0.462 e. The number of rotatable bonds is 8. The maximum atomic E-state index is 12.5. The zero-order valence-electron chi connectivity index (χ0n) is 19.9. The van der Waals surface area contributed by atoms with Crippen LogP contribution >= 0.6 is 11.3 Å². The Hall–Kier alpha value is -4.03. The lowest BCUT2D eigenvalue weighted by Gasteiger charge is -2.10. The van der Waals surface area contributed by atoms with Gasteiger partial charge in [0, 0.05) is 10.4 Å². The first-order valence-electron chi connectivity index (χ1n) is 11.2. The summed E-state index contributed by atoms with van der Waals surface area (Å²) in [5, 5.41) is 2.60. The van der Waals surface area contributed by atoms with Crippen molar-refractivity contribution in [2.45, 2.75) is 24.8 Å². The molecule has 192 valence electrons. The van der Waals surface area contributed by atoms with Gasteiger partial charge in [0.25, 0.3) is 15.9 Å². The van der Waals surface area contributed by atoms with Crippen LogP contribution in [0.1, 0.15) is 29.1 Å². The van der Waals surface area contributed by atoms with Gasteiger partial charge < -0.3 is 14.8 Å². The maximum Gasteiger partial charge on any atom is 0.350 e. The minimum Gasteiger partial charge on any atom is -0.462 e. The van der Waals surface area contributed by atoms with E-state index in [0.717, 1.165) is 10.4 Å². The number of hydrogen-bond acceptors (Lipinski definition) is 9. The molecule has 4 rings (SSSR count). The number of ether oxygens (including phenoxy) is 2. The summed E-state index contributed by atoms with van der Waals surface area (Å²) in [7, 11) is -3.75. The van der Waals surface area contributed by atoms with Crippen molar-refractivity contribution < 1.29 is 32.3 Å². The average Bonchev–Trinajstić information content (AvgIpc) is 3.41. The van der Waals surface area contributed by atoms with Crippen LogP contribution in [-0.4, -0.2) is 51.4 Å². The minimum absolute atomic E-state index is 0.0234. The standard InChI is InChI=1S/C25H23N3O7S2/c1-3-34-25(31)22-18(13-19(36-22)16-9-5-4-6-10-16)27-21(29)14-35-24(30)15(2)26-23-17-11-7-8-12-20(17)37(32,33)28-23/h4-13,15H,3,14H2,1-2H3,(H,26,28)(H,27,29)/t15-/m0/s1. The summed E-state index contributed by atoms with van der Waals surface area (Å²) >= 11 is 1.17. The fraction of sp³-hybridized carbons (Fsp3) is 0.200. The summed E-state index contributed by atoms with van der Waals surface area (Å²) < 4.78 is 36.9. The molecular formula is C25H23N3O7S2. The van der Waals surface area contributed by atoms with Crippen LogP contribution in [0, 0.1) is 0 Å². The first kappa shape index (κ1) is 26.0. The van der Waals surface area contributed by atoms with Crippen LogP contribution in [0.3, 0.4) is 0 Å².